The number of nitrogen functional groups attached to an aromatic ring is 1. The highest BCUT2D eigenvalue weighted by Gasteiger charge is 2.39. The first kappa shape index (κ1) is 28.6. The minimum Gasteiger partial charge on any atom is -0.475 e. The molecule has 2 saturated heterocycles. The number of aromatic amines is 1. The number of aryl methyl sites for hydroxylation is 1. The van der Waals surface area contributed by atoms with E-state index in [-0.39, 0.29) is 12.1 Å². The van der Waals surface area contributed by atoms with Gasteiger partial charge in [-0.05, 0) is 43.9 Å². The Balaban J connectivity index is 0.000000448. The molecule has 39 heavy (non-hydrogen) atoms. The van der Waals surface area contributed by atoms with Crippen LogP contribution in [0, 0.1) is 6.92 Å². The Morgan fingerprint density at radius 2 is 1.90 bits per heavy atom. The van der Waals surface area contributed by atoms with Gasteiger partial charge in [0.2, 0.25) is 17.8 Å². The van der Waals surface area contributed by atoms with E-state index in [4.69, 9.17) is 36.4 Å². The molecule has 212 valence electrons. The van der Waals surface area contributed by atoms with Crippen LogP contribution in [0.25, 0.3) is 0 Å². The highest BCUT2D eigenvalue weighted by atomic mass is 35.5. The van der Waals surface area contributed by atoms with Gasteiger partial charge in [0.15, 0.2) is 0 Å². The largest absolute Gasteiger partial charge is 0.490 e. The minimum atomic E-state index is -5.08. The van der Waals surface area contributed by atoms with E-state index < -0.39 is 12.1 Å². The summed E-state index contributed by atoms with van der Waals surface area (Å²) in [4.78, 5) is 22.5. The first-order valence-electron chi connectivity index (χ1n) is 12.3. The van der Waals surface area contributed by atoms with Gasteiger partial charge in [-0.15, -0.1) is 5.10 Å². The zero-order chi connectivity index (χ0) is 28.2. The molecular weight excluding hydrogens is 543 g/mol. The van der Waals surface area contributed by atoms with E-state index in [1.807, 2.05) is 19.1 Å². The van der Waals surface area contributed by atoms with Gasteiger partial charge >= 0.3 is 12.1 Å². The summed E-state index contributed by atoms with van der Waals surface area (Å²) in [5.41, 5.74) is 7.83. The summed E-state index contributed by atoms with van der Waals surface area (Å²) in [7, 11) is 0. The molecule has 2 atom stereocenters. The van der Waals surface area contributed by atoms with Crippen LogP contribution >= 0.6 is 11.6 Å². The molecule has 2 fully saturated rings. The van der Waals surface area contributed by atoms with Crippen LogP contribution in [-0.4, -0.2) is 80.6 Å². The van der Waals surface area contributed by atoms with Crippen molar-refractivity contribution in [1.29, 1.82) is 0 Å². The molecule has 1 aromatic carbocycles. The van der Waals surface area contributed by atoms with Gasteiger partial charge < -0.3 is 24.9 Å². The van der Waals surface area contributed by atoms with Crippen molar-refractivity contribution in [2.24, 2.45) is 0 Å². The molecule has 0 saturated carbocycles. The van der Waals surface area contributed by atoms with Crippen LogP contribution in [0.5, 0.6) is 0 Å². The number of rotatable bonds is 5. The zero-order valence-corrected chi connectivity index (χ0v) is 21.8. The standard InChI is InChI=1S/C22H28ClN7O2.C2HF3O2/c1-14-12-32-20(25-14)19-11-30(18(13-31-19)10-15-2-4-16(23)5-3-15)17-6-8-29(9-7-17)22-26-21(24)27-28-22;3-2(4,5)1(6)7/h2-5,12,17-19H,6-11,13H2,1H3,(H3,24,26,27,28);(H,6,7)/t18-,19+;/m0./s1. The lowest BCUT2D eigenvalue weighted by Gasteiger charge is -2.46. The van der Waals surface area contributed by atoms with Crippen LogP contribution in [0.4, 0.5) is 25.1 Å². The molecule has 0 unspecified atom stereocenters. The molecule has 2 aliphatic rings. The van der Waals surface area contributed by atoms with Gasteiger partial charge in [-0.1, -0.05) is 23.7 Å². The number of benzene rings is 1. The Kier molecular flexibility index (Phi) is 8.97. The average Bonchev–Trinajstić information content (AvgIpc) is 3.54. The van der Waals surface area contributed by atoms with E-state index in [0.717, 1.165) is 49.6 Å². The summed E-state index contributed by atoms with van der Waals surface area (Å²) in [6.07, 6.45) is -0.613. The molecule has 5 rings (SSSR count). The molecule has 0 spiro atoms. The number of carboxylic acid groups (broad SMARTS) is 1. The molecule has 4 heterocycles. The predicted octanol–water partition coefficient (Wildman–Crippen LogP) is 3.62. The van der Waals surface area contributed by atoms with Crippen LogP contribution < -0.4 is 10.6 Å². The van der Waals surface area contributed by atoms with Crippen molar-refractivity contribution in [1.82, 2.24) is 25.1 Å². The van der Waals surface area contributed by atoms with Crippen molar-refractivity contribution in [3.8, 4) is 0 Å². The van der Waals surface area contributed by atoms with Crippen molar-refractivity contribution < 1.29 is 32.2 Å². The second kappa shape index (κ2) is 12.2. The molecule has 15 heteroatoms. The van der Waals surface area contributed by atoms with Gasteiger partial charge in [0.05, 0.1) is 12.3 Å². The van der Waals surface area contributed by atoms with Crippen LogP contribution in [-0.2, 0) is 16.0 Å². The Morgan fingerprint density at radius 1 is 1.23 bits per heavy atom. The molecule has 0 bridgehead atoms. The summed E-state index contributed by atoms with van der Waals surface area (Å²) < 4.78 is 43.6. The maximum absolute atomic E-state index is 10.6. The Labute approximate surface area is 227 Å². The number of hydrogen-bond donors (Lipinski definition) is 3. The fourth-order valence-electron chi connectivity index (χ4n) is 4.71. The number of anilines is 2. The number of piperidine rings is 1. The highest BCUT2D eigenvalue weighted by molar-refractivity contribution is 6.30. The summed E-state index contributed by atoms with van der Waals surface area (Å²) in [6, 6.07) is 8.80. The number of hydrogen-bond acceptors (Lipinski definition) is 9. The Bertz CT molecular complexity index is 1230. The van der Waals surface area contributed by atoms with Crippen molar-refractivity contribution in [3.05, 3.63) is 52.7 Å². The van der Waals surface area contributed by atoms with Gasteiger partial charge in [-0.3, -0.25) is 4.90 Å². The summed E-state index contributed by atoms with van der Waals surface area (Å²) >= 11 is 6.08. The number of nitrogens with zero attached hydrogens (tertiary/aromatic N) is 5. The van der Waals surface area contributed by atoms with Crippen LogP contribution in [0.1, 0.15) is 36.1 Å². The maximum Gasteiger partial charge on any atom is 0.490 e. The average molecular weight is 572 g/mol. The first-order valence-corrected chi connectivity index (χ1v) is 12.6. The molecule has 0 radical (unpaired) electrons. The topological polar surface area (TPSA) is 147 Å². The van der Waals surface area contributed by atoms with Crippen molar-refractivity contribution in [2.45, 2.75) is 50.6 Å². The van der Waals surface area contributed by atoms with E-state index in [9.17, 15) is 13.2 Å². The molecule has 2 aliphatic heterocycles. The third-order valence-corrected chi connectivity index (χ3v) is 6.83. The molecule has 0 aliphatic carbocycles. The summed E-state index contributed by atoms with van der Waals surface area (Å²) in [5, 5.41) is 14.8. The first-order chi connectivity index (χ1) is 18.5. The van der Waals surface area contributed by atoms with Crippen molar-refractivity contribution in [3.63, 3.8) is 0 Å². The highest BCUT2D eigenvalue weighted by Crippen LogP contribution is 2.31. The number of ether oxygens (including phenoxy) is 1. The SMILES string of the molecule is Cc1coc([C@H]2CN(C3CCN(c4n[nH]c(N)n4)CC3)[C@@H](Cc3ccc(Cl)cc3)CO2)n1.O=C(O)C(F)(F)F. The smallest absolute Gasteiger partial charge is 0.475 e. The third kappa shape index (κ3) is 7.61. The third-order valence-electron chi connectivity index (χ3n) is 6.58. The van der Waals surface area contributed by atoms with Crippen LogP contribution in [0.3, 0.4) is 0 Å². The van der Waals surface area contributed by atoms with Gasteiger partial charge in [0.1, 0.15) is 12.4 Å². The lowest BCUT2D eigenvalue weighted by atomic mass is 9.96. The number of morpholine rings is 1. The number of nitrogens with one attached hydrogen (secondary N) is 1. The van der Waals surface area contributed by atoms with Crippen molar-refractivity contribution >= 4 is 29.5 Å². The number of carbonyl (C=O) groups is 1. The Hall–Kier alpha value is -3.36. The van der Waals surface area contributed by atoms with Gasteiger partial charge in [-0.2, -0.15) is 18.2 Å². The monoisotopic (exact) mass is 571 g/mol. The minimum absolute atomic E-state index is 0.156. The fraction of sp³-hybridized carbons (Fsp3) is 0.500. The number of aliphatic carboxylic acids is 1. The van der Waals surface area contributed by atoms with Gasteiger partial charge in [0, 0.05) is 36.7 Å². The van der Waals surface area contributed by atoms with E-state index in [0.29, 0.717) is 30.4 Å². The molecule has 11 nitrogen and oxygen atoms in total. The second-order valence-electron chi connectivity index (χ2n) is 9.37. The maximum atomic E-state index is 10.6. The van der Waals surface area contributed by atoms with Gasteiger partial charge in [0.25, 0.3) is 0 Å². The van der Waals surface area contributed by atoms with E-state index in [2.05, 4.69) is 42.1 Å². The molecule has 3 aromatic rings. The number of aromatic nitrogens is 4. The molecule has 0 amide bonds. The molecule has 4 N–H and O–H groups in total. The number of oxazole rings is 1. The van der Waals surface area contributed by atoms with Crippen molar-refractivity contribution in [2.75, 3.05) is 36.9 Å². The Morgan fingerprint density at radius 3 is 2.44 bits per heavy atom. The summed E-state index contributed by atoms with van der Waals surface area (Å²) in [5.74, 6) is -1.07. The molecule has 2 aromatic heterocycles. The number of halogens is 4. The normalized spacial score (nSPS) is 20.9. The molecular formula is C24H29ClF3N7O4. The van der Waals surface area contributed by atoms with E-state index >= 15 is 0 Å². The number of alkyl halides is 3. The second-order valence-corrected chi connectivity index (χ2v) is 9.81. The number of carboxylic acids is 1. The zero-order valence-electron chi connectivity index (χ0n) is 21.1. The van der Waals surface area contributed by atoms with Gasteiger partial charge in [-0.25, -0.2) is 14.9 Å². The van der Waals surface area contributed by atoms with E-state index in [1.165, 1.54) is 5.56 Å². The number of nitrogens with two attached hydrogens (primary N) is 1. The van der Waals surface area contributed by atoms with Crippen LogP contribution in [0.15, 0.2) is 34.9 Å². The van der Waals surface area contributed by atoms with E-state index in [1.54, 1.807) is 6.26 Å². The van der Waals surface area contributed by atoms with Crippen LogP contribution in [0.2, 0.25) is 5.02 Å². The fourth-order valence-corrected chi connectivity index (χ4v) is 4.83. The predicted molar refractivity (Wildman–Crippen MR) is 135 cm³/mol. The summed E-state index contributed by atoms with van der Waals surface area (Å²) in [6.45, 7) is 5.09. The lowest BCUT2D eigenvalue weighted by Crippen LogP contribution is -2.55. The quantitative estimate of drug-likeness (QED) is 0.415. The number of H-pyrrole nitrogens is 1. The lowest BCUT2D eigenvalue weighted by molar-refractivity contribution is -0.192.